The summed E-state index contributed by atoms with van der Waals surface area (Å²) in [5.41, 5.74) is 0.823. The summed E-state index contributed by atoms with van der Waals surface area (Å²) < 4.78 is 4.59. The lowest BCUT2D eigenvalue weighted by atomic mass is 10.2. The van der Waals surface area contributed by atoms with Gasteiger partial charge in [0.2, 0.25) is 0 Å². The number of aliphatic hydroxyl groups is 2. The minimum Gasteiger partial charge on any atom is -0.506 e. The molecule has 100 valence electrons. The van der Waals surface area contributed by atoms with Gasteiger partial charge < -0.3 is 25.4 Å². The molecule has 1 aromatic rings. The smallest absolute Gasteiger partial charge is 0.411 e. The number of anilines is 2. The Balaban J connectivity index is 2.59. The van der Waals surface area contributed by atoms with Crippen molar-refractivity contribution in [3.8, 4) is 5.75 Å². The molecule has 1 rings (SSSR count). The predicted molar refractivity (Wildman–Crippen MR) is 65.7 cm³/mol. The van der Waals surface area contributed by atoms with E-state index in [4.69, 9.17) is 10.2 Å². The number of aliphatic hydroxyl groups excluding tert-OH is 2. The third-order valence-electron chi connectivity index (χ3n) is 2.00. The van der Waals surface area contributed by atoms with Crippen molar-refractivity contribution in [2.75, 3.05) is 37.0 Å². The van der Waals surface area contributed by atoms with Crippen LogP contribution in [-0.2, 0) is 4.74 Å². The van der Waals surface area contributed by atoms with Gasteiger partial charge >= 0.3 is 6.09 Å². The van der Waals surface area contributed by atoms with E-state index in [2.05, 4.69) is 15.4 Å². The zero-order chi connectivity index (χ0) is 13.4. The number of ether oxygens (including phenoxy) is 1. The first-order valence-electron chi connectivity index (χ1n) is 5.39. The van der Waals surface area contributed by atoms with Crippen LogP contribution in [0, 0.1) is 0 Å². The minimum absolute atomic E-state index is 0.0196. The standard InChI is InChI=1S/C11H16N2O5/c14-4-3-12-8-1-2-9(10(16)7-8)13-11(17)18-6-5-15/h1-2,7,12,14-16H,3-6H2,(H,13,17). The summed E-state index contributed by atoms with van der Waals surface area (Å²) >= 11 is 0. The van der Waals surface area contributed by atoms with Crippen molar-refractivity contribution in [2.24, 2.45) is 0 Å². The highest BCUT2D eigenvalue weighted by atomic mass is 16.6. The van der Waals surface area contributed by atoms with Crippen LogP contribution in [0.3, 0.4) is 0 Å². The van der Waals surface area contributed by atoms with Crippen molar-refractivity contribution >= 4 is 17.5 Å². The van der Waals surface area contributed by atoms with Crippen LogP contribution in [0.4, 0.5) is 16.2 Å². The van der Waals surface area contributed by atoms with Gasteiger partial charge in [0, 0.05) is 18.3 Å². The Morgan fingerprint density at radius 3 is 2.67 bits per heavy atom. The molecular formula is C11H16N2O5. The first-order valence-corrected chi connectivity index (χ1v) is 5.39. The zero-order valence-electron chi connectivity index (χ0n) is 9.72. The SMILES string of the molecule is O=C(Nc1ccc(NCCO)cc1O)OCCO. The lowest BCUT2D eigenvalue weighted by Crippen LogP contribution is -2.15. The van der Waals surface area contributed by atoms with Gasteiger partial charge in [-0.3, -0.25) is 5.32 Å². The molecule has 0 fully saturated rings. The molecule has 0 heterocycles. The molecule has 0 saturated carbocycles. The van der Waals surface area contributed by atoms with Gasteiger partial charge in [-0.25, -0.2) is 4.79 Å². The first kappa shape index (κ1) is 14.1. The van der Waals surface area contributed by atoms with E-state index in [-0.39, 0.29) is 31.3 Å². The Labute approximate surface area is 104 Å². The maximum Gasteiger partial charge on any atom is 0.411 e. The second kappa shape index (κ2) is 7.36. The Kier molecular flexibility index (Phi) is 5.75. The number of carbonyl (C=O) groups is 1. The summed E-state index contributed by atoms with van der Waals surface area (Å²) in [5, 5.41) is 31.9. The molecular weight excluding hydrogens is 240 g/mol. The third kappa shape index (κ3) is 4.48. The highest BCUT2D eigenvalue weighted by Crippen LogP contribution is 2.26. The van der Waals surface area contributed by atoms with E-state index in [0.717, 1.165) is 0 Å². The number of hydrogen-bond donors (Lipinski definition) is 5. The van der Waals surface area contributed by atoms with E-state index in [1.165, 1.54) is 12.1 Å². The molecule has 0 aromatic heterocycles. The largest absolute Gasteiger partial charge is 0.506 e. The van der Waals surface area contributed by atoms with Gasteiger partial charge in [-0.2, -0.15) is 0 Å². The van der Waals surface area contributed by atoms with Gasteiger partial charge in [0.25, 0.3) is 0 Å². The lowest BCUT2D eigenvalue weighted by molar-refractivity contribution is 0.131. The van der Waals surface area contributed by atoms with Gasteiger partial charge in [-0.05, 0) is 12.1 Å². The average Bonchev–Trinajstić information content (AvgIpc) is 2.36. The fourth-order valence-electron chi connectivity index (χ4n) is 1.23. The third-order valence-corrected chi connectivity index (χ3v) is 2.00. The quantitative estimate of drug-likeness (QED) is 0.469. The summed E-state index contributed by atoms with van der Waals surface area (Å²) in [4.78, 5) is 11.2. The number of amides is 1. The van der Waals surface area contributed by atoms with Crippen molar-refractivity contribution in [2.45, 2.75) is 0 Å². The van der Waals surface area contributed by atoms with E-state index >= 15 is 0 Å². The number of carbonyl (C=O) groups excluding carboxylic acids is 1. The molecule has 0 saturated heterocycles. The molecule has 5 N–H and O–H groups in total. The normalized spacial score (nSPS) is 9.89. The zero-order valence-corrected chi connectivity index (χ0v) is 9.72. The van der Waals surface area contributed by atoms with E-state index in [1.54, 1.807) is 6.07 Å². The van der Waals surface area contributed by atoms with Crippen molar-refractivity contribution in [1.29, 1.82) is 0 Å². The van der Waals surface area contributed by atoms with Crippen LogP contribution in [0.5, 0.6) is 5.75 Å². The molecule has 18 heavy (non-hydrogen) atoms. The predicted octanol–water partition coefficient (Wildman–Crippen LogP) is 0.337. The molecule has 0 aliphatic rings. The van der Waals surface area contributed by atoms with E-state index in [1.807, 2.05) is 0 Å². The molecule has 0 radical (unpaired) electrons. The van der Waals surface area contributed by atoms with Crippen LogP contribution in [0.1, 0.15) is 0 Å². The highest BCUT2D eigenvalue weighted by Gasteiger charge is 2.07. The molecule has 0 bridgehead atoms. The summed E-state index contributed by atoms with van der Waals surface area (Å²) in [7, 11) is 0. The van der Waals surface area contributed by atoms with Gasteiger partial charge in [0.15, 0.2) is 0 Å². The molecule has 0 unspecified atom stereocenters. The molecule has 1 amide bonds. The number of nitrogens with one attached hydrogen (secondary N) is 2. The fraction of sp³-hybridized carbons (Fsp3) is 0.364. The molecule has 0 aliphatic carbocycles. The first-order chi connectivity index (χ1) is 8.67. The lowest BCUT2D eigenvalue weighted by Gasteiger charge is -2.10. The van der Waals surface area contributed by atoms with Crippen molar-refractivity contribution < 1.29 is 24.9 Å². The second-order valence-corrected chi connectivity index (χ2v) is 3.37. The van der Waals surface area contributed by atoms with Crippen molar-refractivity contribution in [3.63, 3.8) is 0 Å². The van der Waals surface area contributed by atoms with E-state index in [0.29, 0.717) is 12.2 Å². The minimum atomic E-state index is -0.754. The van der Waals surface area contributed by atoms with E-state index < -0.39 is 6.09 Å². The van der Waals surface area contributed by atoms with Crippen LogP contribution in [0.2, 0.25) is 0 Å². The number of benzene rings is 1. The van der Waals surface area contributed by atoms with Gasteiger partial charge in [-0.1, -0.05) is 0 Å². The summed E-state index contributed by atoms with van der Waals surface area (Å²) in [5.74, 6) is -0.126. The Morgan fingerprint density at radius 1 is 1.28 bits per heavy atom. The van der Waals surface area contributed by atoms with Crippen LogP contribution in [-0.4, -0.2) is 47.8 Å². The molecule has 0 atom stereocenters. The summed E-state index contributed by atoms with van der Waals surface area (Å²) in [6, 6.07) is 4.55. The van der Waals surface area contributed by atoms with Crippen LogP contribution >= 0.6 is 0 Å². The molecule has 0 aliphatic heterocycles. The fourth-order valence-corrected chi connectivity index (χ4v) is 1.23. The van der Waals surface area contributed by atoms with Gasteiger partial charge in [-0.15, -0.1) is 0 Å². The Morgan fingerprint density at radius 2 is 2.06 bits per heavy atom. The van der Waals surface area contributed by atoms with Crippen molar-refractivity contribution in [3.05, 3.63) is 18.2 Å². The molecule has 7 nitrogen and oxygen atoms in total. The maximum atomic E-state index is 11.2. The van der Waals surface area contributed by atoms with Gasteiger partial charge in [0.1, 0.15) is 12.4 Å². The van der Waals surface area contributed by atoms with Gasteiger partial charge in [0.05, 0.1) is 18.9 Å². The number of aromatic hydroxyl groups is 1. The highest BCUT2D eigenvalue weighted by molar-refractivity contribution is 5.87. The monoisotopic (exact) mass is 256 g/mol. The number of phenolic OH excluding ortho intramolecular Hbond substituents is 1. The molecule has 7 heteroatoms. The summed E-state index contributed by atoms with van der Waals surface area (Å²) in [6.07, 6.45) is -0.754. The number of rotatable bonds is 6. The van der Waals surface area contributed by atoms with Crippen LogP contribution in [0.15, 0.2) is 18.2 Å². The maximum absolute atomic E-state index is 11.2. The van der Waals surface area contributed by atoms with Crippen LogP contribution in [0.25, 0.3) is 0 Å². The molecule has 0 spiro atoms. The number of hydrogen-bond acceptors (Lipinski definition) is 6. The van der Waals surface area contributed by atoms with Crippen LogP contribution < -0.4 is 10.6 Å². The Bertz CT molecular complexity index is 397. The number of phenols is 1. The second-order valence-electron chi connectivity index (χ2n) is 3.37. The molecule has 1 aromatic carbocycles. The summed E-state index contributed by atoms with van der Waals surface area (Å²) in [6.45, 7) is -0.0227. The average molecular weight is 256 g/mol. The topological polar surface area (TPSA) is 111 Å². The van der Waals surface area contributed by atoms with E-state index in [9.17, 15) is 9.90 Å². The Hall–Kier alpha value is -1.99. The van der Waals surface area contributed by atoms with Crippen molar-refractivity contribution in [1.82, 2.24) is 0 Å².